The summed E-state index contributed by atoms with van der Waals surface area (Å²) in [5.74, 6) is 0.639. The summed E-state index contributed by atoms with van der Waals surface area (Å²) in [6.45, 7) is 3.54. The minimum absolute atomic E-state index is 0.161. The maximum absolute atomic E-state index is 12.2. The molecule has 1 heterocycles. The Bertz CT molecular complexity index is 959. The molecule has 0 unspecified atom stereocenters. The highest BCUT2D eigenvalue weighted by atomic mass is 16.6. The smallest absolute Gasteiger partial charge is 0.363 e. The van der Waals surface area contributed by atoms with Crippen LogP contribution in [0.25, 0.3) is 6.08 Å². The van der Waals surface area contributed by atoms with Crippen molar-refractivity contribution in [1.82, 2.24) is 0 Å². The lowest BCUT2D eigenvalue weighted by molar-refractivity contribution is -0.132. The van der Waals surface area contributed by atoms with Crippen LogP contribution in [0.1, 0.15) is 25.0 Å². The van der Waals surface area contributed by atoms with Crippen molar-refractivity contribution in [2.45, 2.75) is 13.8 Å². The van der Waals surface area contributed by atoms with E-state index in [1.54, 1.807) is 55.7 Å². The van der Waals surface area contributed by atoms with Gasteiger partial charge in [-0.1, -0.05) is 6.07 Å². The largest absolute Gasteiger partial charge is 0.497 e. The van der Waals surface area contributed by atoms with E-state index in [2.05, 4.69) is 4.99 Å². The van der Waals surface area contributed by atoms with E-state index < -0.39 is 11.9 Å². The van der Waals surface area contributed by atoms with Crippen molar-refractivity contribution in [1.29, 1.82) is 0 Å². The first kappa shape index (κ1) is 19.2. The van der Waals surface area contributed by atoms with Crippen LogP contribution in [0.5, 0.6) is 17.2 Å². The highest BCUT2D eigenvalue weighted by Crippen LogP contribution is 2.30. The van der Waals surface area contributed by atoms with Crippen molar-refractivity contribution in [3.05, 3.63) is 59.3 Å². The number of hydrogen-bond acceptors (Lipinski definition) is 7. The van der Waals surface area contributed by atoms with E-state index in [0.717, 1.165) is 0 Å². The number of methoxy groups -OCH3 is 1. The Morgan fingerprint density at radius 1 is 1.14 bits per heavy atom. The zero-order chi connectivity index (χ0) is 20.1. The first-order chi connectivity index (χ1) is 13.5. The Kier molecular flexibility index (Phi) is 5.74. The van der Waals surface area contributed by atoms with Crippen molar-refractivity contribution in [3.63, 3.8) is 0 Å². The van der Waals surface area contributed by atoms with E-state index >= 15 is 0 Å². The van der Waals surface area contributed by atoms with Gasteiger partial charge in [0.1, 0.15) is 5.75 Å². The highest BCUT2D eigenvalue weighted by molar-refractivity contribution is 6.12. The molecule has 0 aliphatic carbocycles. The SMILES string of the molecule is CCOc1cc(/C=C2\N=C(c3ccc(OC)cc3)OC2=O)ccc1OC(C)=O. The van der Waals surface area contributed by atoms with Gasteiger partial charge in [-0.3, -0.25) is 4.79 Å². The average Bonchev–Trinajstić information content (AvgIpc) is 3.04. The average molecular weight is 381 g/mol. The number of aliphatic imine (C=N–C) groups is 1. The van der Waals surface area contributed by atoms with Gasteiger partial charge < -0.3 is 18.9 Å². The van der Waals surface area contributed by atoms with E-state index in [1.807, 2.05) is 6.92 Å². The molecule has 0 bridgehead atoms. The summed E-state index contributed by atoms with van der Waals surface area (Å²) in [5, 5.41) is 0. The lowest BCUT2D eigenvalue weighted by Gasteiger charge is -2.10. The normalized spacial score (nSPS) is 14.5. The van der Waals surface area contributed by atoms with E-state index in [4.69, 9.17) is 18.9 Å². The molecule has 0 amide bonds. The Morgan fingerprint density at radius 2 is 1.89 bits per heavy atom. The van der Waals surface area contributed by atoms with Gasteiger partial charge in [-0.2, -0.15) is 0 Å². The van der Waals surface area contributed by atoms with Gasteiger partial charge in [-0.05, 0) is 55.0 Å². The maximum atomic E-state index is 12.2. The van der Waals surface area contributed by atoms with Gasteiger partial charge in [0.2, 0.25) is 5.90 Å². The van der Waals surface area contributed by atoms with Crippen LogP contribution in [0.2, 0.25) is 0 Å². The number of hydrogen-bond donors (Lipinski definition) is 0. The Hall–Kier alpha value is -3.61. The second-order valence-electron chi connectivity index (χ2n) is 5.80. The van der Waals surface area contributed by atoms with Gasteiger partial charge in [0, 0.05) is 12.5 Å². The number of rotatable bonds is 6. The molecular weight excluding hydrogens is 362 g/mol. The third-order valence-electron chi connectivity index (χ3n) is 3.78. The number of carbonyl (C=O) groups is 2. The number of nitrogens with zero attached hydrogens (tertiary/aromatic N) is 1. The van der Waals surface area contributed by atoms with Crippen molar-refractivity contribution >= 4 is 23.9 Å². The molecule has 2 aromatic rings. The molecule has 7 nitrogen and oxygen atoms in total. The number of esters is 2. The quantitative estimate of drug-likeness (QED) is 0.433. The van der Waals surface area contributed by atoms with Crippen LogP contribution in [-0.4, -0.2) is 31.6 Å². The molecule has 1 aliphatic rings. The molecule has 0 spiro atoms. The van der Waals surface area contributed by atoms with E-state index in [1.165, 1.54) is 6.92 Å². The molecule has 0 saturated heterocycles. The topological polar surface area (TPSA) is 83.4 Å². The number of benzene rings is 2. The van der Waals surface area contributed by atoms with Crippen molar-refractivity contribution in [2.24, 2.45) is 4.99 Å². The van der Waals surface area contributed by atoms with Crippen LogP contribution in [0.3, 0.4) is 0 Å². The summed E-state index contributed by atoms with van der Waals surface area (Å²) < 4.78 is 21.0. The molecule has 0 fully saturated rings. The minimum atomic E-state index is -0.548. The lowest BCUT2D eigenvalue weighted by atomic mass is 10.1. The standard InChI is InChI=1S/C21H19NO6/c1-4-26-19-12-14(5-10-18(19)27-13(2)23)11-17-21(24)28-20(22-17)15-6-8-16(25-3)9-7-15/h5-12H,4H2,1-3H3/b17-11-. The Labute approximate surface area is 162 Å². The second-order valence-corrected chi connectivity index (χ2v) is 5.80. The molecular formula is C21H19NO6. The van der Waals surface area contributed by atoms with Crippen LogP contribution in [-0.2, 0) is 14.3 Å². The van der Waals surface area contributed by atoms with Gasteiger partial charge in [0.25, 0.3) is 0 Å². The van der Waals surface area contributed by atoms with Gasteiger partial charge in [0.15, 0.2) is 17.2 Å². The van der Waals surface area contributed by atoms with Crippen LogP contribution in [0.4, 0.5) is 0 Å². The molecule has 144 valence electrons. The molecule has 0 radical (unpaired) electrons. The summed E-state index contributed by atoms with van der Waals surface area (Å²) >= 11 is 0. The van der Waals surface area contributed by atoms with Crippen molar-refractivity contribution < 1.29 is 28.5 Å². The predicted octanol–water partition coefficient (Wildman–Crippen LogP) is 3.36. The van der Waals surface area contributed by atoms with E-state index in [9.17, 15) is 9.59 Å². The van der Waals surface area contributed by atoms with Crippen LogP contribution in [0.15, 0.2) is 53.2 Å². The number of cyclic esters (lactones) is 1. The van der Waals surface area contributed by atoms with Gasteiger partial charge in [-0.15, -0.1) is 0 Å². The highest BCUT2D eigenvalue weighted by Gasteiger charge is 2.24. The molecule has 0 atom stereocenters. The molecule has 28 heavy (non-hydrogen) atoms. The van der Waals surface area contributed by atoms with Gasteiger partial charge in [0.05, 0.1) is 13.7 Å². The molecule has 0 saturated carbocycles. The van der Waals surface area contributed by atoms with Crippen molar-refractivity contribution in [2.75, 3.05) is 13.7 Å². The summed E-state index contributed by atoms with van der Waals surface area (Å²) in [6, 6.07) is 12.0. The zero-order valence-corrected chi connectivity index (χ0v) is 15.7. The molecule has 0 N–H and O–H groups in total. The first-order valence-corrected chi connectivity index (χ1v) is 8.62. The van der Waals surface area contributed by atoms with Crippen LogP contribution >= 0.6 is 0 Å². The summed E-state index contributed by atoms with van der Waals surface area (Å²) in [7, 11) is 1.58. The van der Waals surface area contributed by atoms with Gasteiger partial charge >= 0.3 is 11.9 Å². The third-order valence-corrected chi connectivity index (χ3v) is 3.78. The van der Waals surface area contributed by atoms with E-state index in [-0.39, 0.29) is 11.6 Å². The number of carbonyl (C=O) groups excluding carboxylic acids is 2. The Balaban J connectivity index is 1.89. The monoisotopic (exact) mass is 381 g/mol. The molecule has 2 aromatic carbocycles. The summed E-state index contributed by atoms with van der Waals surface area (Å²) in [5.41, 5.74) is 1.48. The molecule has 0 aromatic heterocycles. The molecule has 1 aliphatic heterocycles. The fourth-order valence-electron chi connectivity index (χ4n) is 2.55. The maximum Gasteiger partial charge on any atom is 0.363 e. The van der Waals surface area contributed by atoms with E-state index in [0.29, 0.717) is 35.0 Å². The van der Waals surface area contributed by atoms with Crippen LogP contribution in [0, 0.1) is 0 Å². The fraction of sp³-hybridized carbons (Fsp3) is 0.190. The Morgan fingerprint density at radius 3 is 2.54 bits per heavy atom. The third kappa shape index (κ3) is 4.37. The summed E-state index contributed by atoms with van der Waals surface area (Å²) in [6.07, 6.45) is 1.58. The van der Waals surface area contributed by atoms with Gasteiger partial charge in [-0.25, -0.2) is 9.79 Å². The minimum Gasteiger partial charge on any atom is -0.497 e. The lowest BCUT2D eigenvalue weighted by Crippen LogP contribution is -2.05. The zero-order valence-electron chi connectivity index (χ0n) is 15.7. The summed E-state index contributed by atoms with van der Waals surface area (Å²) in [4.78, 5) is 27.7. The predicted molar refractivity (Wildman–Crippen MR) is 103 cm³/mol. The first-order valence-electron chi connectivity index (χ1n) is 8.62. The van der Waals surface area contributed by atoms with Crippen molar-refractivity contribution in [3.8, 4) is 17.2 Å². The fourth-order valence-corrected chi connectivity index (χ4v) is 2.55. The number of ether oxygens (including phenoxy) is 4. The molecule has 7 heteroatoms. The van der Waals surface area contributed by atoms with Crippen LogP contribution < -0.4 is 14.2 Å². The molecule has 3 rings (SSSR count). The second kappa shape index (κ2) is 8.39.